The number of carbonyl (C=O) groups is 1. The normalized spacial score (nSPS) is 23.2. The Morgan fingerprint density at radius 3 is 1.92 bits per heavy atom. The van der Waals surface area contributed by atoms with Crippen molar-refractivity contribution in [3.63, 3.8) is 0 Å². The fourth-order valence-corrected chi connectivity index (χ4v) is 5.17. The number of rotatable bonds is 3. The van der Waals surface area contributed by atoms with Gasteiger partial charge >= 0.3 is 12.4 Å². The number of carbonyl (C=O) groups excluding carboxylic acids is 1. The third kappa shape index (κ3) is 6.37. The molecule has 202 valence electrons. The van der Waals surface area contributed by atoms with Gasteiger partial charge in [-0.3, -0.25) is 9.69 Å². The maximum Gasteiger partial charge on any atom is 0.416 e. The second-order valence-electron chi connectivity index (χ2n) is 9.45. The number of alkyl halides is 8. The summed E-state index contributed by atoms with van der Waals surface area (Å²) in [6, 6.07) is 7.28. The summed E-state index contributed by atoms with van der Waals surface area (Å²) in [5, 5.41) is 0.449. The van der Waals surface area contributed by atoms with Gasteiger partial charge < -0.3 is 4.90 Å². The van der Waals surface area contributed by atoms with Gasteiger partial charge in [-0.05, 0) is 42.3 Å². The van der Waals surface area contributed by atoms with Gasteiger partial charge in [0.25, 0.3) is 11.8 Å². The number of hydrogen-bond donors (Lipinski definition) is 0. The molecule has 0 aromatic heterocycles. The van der Waals surface area contributed by atoms with Crippen LogP contribution in [0.15, 0.2) is 42.5 Å². The van der Waals surface area contributed by atoms with Crippen molar-refractivity contribution >= 4 is 17.5 Å². The number of piperidine rings is 2. The molecule has 2 aliphatic heterocycles. The van der Waals surface area contributed by atoms with Crippen molar-refractivity contribution in [2.45, 2.75) is 49.5 Å². The van der Waals surface area contributed by atoms with Gasteiger partial charge in [-0.2, -0.15) is 26.3 Å². The first kappa shape index (κ1) is 27.6. The zero-order chi connectivity index (χ0) is 27.2. The molecular formula is C25H23ClF8N2O. The van der Waals surface area contributed by atoms with Crippen LogP contribution in [0, 0.1) is 0 Å². The molecule has 2 heterocycles. The number of hydrogen-bond acceptors (Lipinski definition) is 2. The Morgan fingerprint density at radius 2 is 1.41 bits per heavy atom. The molecule has 2 atom stereocenters. The third-order valence-corrected chi connectivity index (χ3v) is 7.25. The summed E-state index contributed by atoms with van der Waals surface area (Å²) in [7, 11) is 0. The molecule has 2 aromatic carbocycles. The van der Waals surface area contributed by atoms with Gasteiger partial charge in [0, 0.05) is 61.6 Å². The number of likely N-dealkylation sites (tertiary alicyclic amines) is 2. The van der Waals surface area contributed by atoms with Crippen molar-refractivity contribution in [2.75, 3.05) is 26.2 Å². The Bertz CT molecular complexity index is 1090. The van der Waals surface area contributed by atoms with Crippen LogP contribution in [-0.2, 0) is 12.4 Å². The zero-order valence-corrected chi connectivity index (χ0v) is 20.1. The molecular weight excluding hydrogens is 532 g/mol. The largest absolute Gasteiger partial charge is 0.416 e. The van der Waals surface area contributed by atoms with E-state index in [0.717, 1.165) is 5.56 Å². The Labute approximate surface area is 213 Å². The number of amides is 1. The average Bonchev–Trinajstić information content (AvgIpc) is 2.82. The minimum absolute atomic E-state index is 0.00434. The average molecular weight is 555 g/mol. The first-order chi connectivity index (χ1) is 17.1. The highest BCUT2D eigenvalue weighted by molar-refractivity contribution is 6.30. The summed E-state index contributed by atoms with van der Waals surface area (Å²) >= 11 is 5.99. The van der Waals surface area contributed by atoms with E-state index in [0.29, 0.717) is 23.6 Å². The van der Waals surface area contributed by atoms with E-state index >= 15 is 0 Å². The molecule has 1 amide bonds. The maximum atomic E-state index is 13.7. The van der Waals surface area contributed by atoms with E-state index in [1.54, 1.807) is 24.3 Å². The maximum absolute atomic E-state index is 13.7. The van der Waals surface area contributed by atoms with Crippen LogP contribution in [-0.4, -0.2) is 53.9 Å². The van der Waals surface area contributed by atoms with Gasteiger partial charge in [-0.15, -0.1) is 0 Å². The van der Waals surface area contributed by atoms with E-state index < -0.39 is 46.8 Å². The summed E-state index contributed by atoms with van der Waals surface area (Å²) in [5.41, 5.74) is -3.11. The van der Waals surface area contributed by atoms with E-state index in [-0.39, 0.29) is 51.1 Å². The molecule has 3 nitrogen and oxygen atoms in total. The highest BCUT2D eigenvalue weighted by Gasteiger charge is 2.42. The lowest BCUT2D eigenvalue weighted by molar-refractivity contribution is -0.143. The fourth-order valence-electron chi connectivity index (χ4n) is 5.04. The standard InChI is InChI=1S/C25H23ClF8N2O/c26-19-3-1-15(2-4-19)20-14-36(8-5-21(20)35-9-6-23(27,28)7-10-35)22(37)16-11-17(24(29,30)31)13-18(12-16)25(32,33)34/h1-4,11-13,20-21H,5-10,14H2/t20-,21-/m0/s1. The Hall–Kier alpha value is -2.40. The molecule has 0 bridgehead atoms. The van der Waals surface area contributed by atoms with Crippen molar-refractivity contribution in [3.05, 3.63) is 69.7 Å². The molecule has 2 fully saturated rings. The molecule has 0 spiro atoms. The van der Waals surface area contributed by atoms with Crippen LogP contribution in [0.5, 0.6) is 0 Å². The van der Waals surface area contributed by atoms with Gasteiger partial charge in [0.1, 0.15) is 0 Å². The third-order valence-electron chi connectivity index (χ3n) is 6.99. The van der Waals surface area contributed by atoms with Crippen LogP contribution >= 0.6 is 11.6 Å². The molecule has 12 heteroatoms. The number of halogens is 9. The highest BCUT2D eigenvalue weighted by atomic mass is 35.5. The van der Waals surface area contributed by atoms with Crippen LogP contribution in [0.25, 0.3) is 0 Å². The van der Waals surface area contributed by atoms with Crippen LogP contribution in [0.1, 0.15) is 52.2 Å². The van der Waals surface area contributed by atoms with Gasteiger partial charge in [0.15, 0.2) is 0 Å². The summed E-state index contributed by atoms with van der Waals surface area (Å²) < 4.78 is 107. The number of nitrogens with zero attached hydrogens (tertiary/aromatic N) is 2. The lowest BCUT2D eigenvalue weighted by atomic mass is 9.83. The molecule has 0 N–H and O–H groups in total. The topological polar surface area (TPSA) is 23.6 Å². The smallest absolute Gasteiger partial charge is 0.338 e. The molecule has 0 unspecified atom stereocenters. The molecule has 0 radical (unpaired) electrons. The summed E-state index contributed by atoms with van der Waals surface area (Å²) in [6.07, 6.45) is -10.5. The number of benzene rings is 2. The molecule has 37 heavy (non-hydrogen) atoms. The van der Waals surface area contributed by atoms with Gasteiger partial charge in [-0.25, -0.2) is 8.78 Å². The van der Waals surface area contributed by atoms with E-state index in [2.05, 4.69) is 0 Å². The van der Waals surface area contributed by atoms with Crippen molar-refractivity contribution in [3.8, 4) is 0 Å². The first-order valence-corrected chi connectivity index (χ1v) is 12.0. The van der Waals surface area contributed by atoms with Crippen molar-refractivity contribution in [1.82, 2.24) is 9.80 Å². The second kappa shape index (κ2) is 10.1. The van der Waals surface area contributed by atoms with Crippen LogP contribution in [0.3, 0.4) is 0 Å². The Balaban J connectivity index is 1.64. The van der Waals surface area contributed by atoms with Gasteiger partial charge in [0.05, 0.1) is 11.1 Å². The van der Waals surface area contributed by atoms with Crippen LogP contribution in [0.2, 0.25) is 5.02 Å². The monoisotopic (exact) mass is 554 g/mol. The lowest BCUT2D eigenvalue weighted by Crippen LogP contribution is -2.54. The van der Waals surface area contributed by atoms with E-state index in [1.165, 1.54) is 4.90 Å². The molecule has 2 aromatic rings. The second-order valence-corrected chi connectivity index (χ2v) is 9.89. The van der Waals surface area contributed by atoms with Crippen molar-refractivity contribution < 1.29 is 39.9 Å². The summed E-state index contributed by atoms with van der Waals surface area (Å²) in [6.45, 7) is 0.324. The Morgan fingerprint density at radius 1 is 0.865 bits per heavy atom. The fraction of sp³-hybridized carbons (Fsp3) is 0.480. The lowest BCUT2D eigenvalue weighted by Gasteiger charge is -2.46. The first-order valence-electron chi connectivity index (χ1n) is 11.6. The molecule has 2 saturated heterocycles. The van der Waals surface area contributed by atoms with Gasteiger partial charge in [0.2, 0.25) is 0 Å². The van der Waals surface area contributed by atoms with Crippen molar-refractivity contribution in [1.29, 1.82) is 0 Å². The predicted octanol–water partition coefficient (Wildman–Crippen LogP) is 7.11. The van der Waals surface area contributed by atoms with E-state index in [9.17, 15) is 39.9 Å². The van der Waals surface area contributed by atoms with Crippen molar-refractivity contribution in [2.24, 2.45) is 0 Å². The quantitative estimate of drug-likeness (QED) is 0.378. The molecule has 0 saturated carbocycles. The summed E-state index contributed by atoms with van der Waals surface area (Å²) in [4.78, 5) is 16.4. The minimum atomic E-state index is -5.08. The highest BCUT2D eigenvalue weighted by Crippen LogP contribution is 2.39. The molecule has 4 rings (SSSR count). The van der Waals surface area contributed by atoms with E-state index in [1.807, 2.05) is 4.90 Å². The molecule has 0 aliphatic carbocycles. The predicted molar refractivity (Wildman–Crippen MR) is 121 cm³/mol. The van der Waals surface area contributed by atoms with Gasteiger partial charge in [-0.1, -0.05) is 23.7 Å². The Kier molecular flexibility index (Phi) is 7.51. The van der Waals surface area contributed by atoms with E-state index in [4.69, 9.17) is 11.6 Å². The zero-order valence-electron chi connectivity index (χ0n) is 19.4. The molecule has 2 aliphatic rings. The van der Waals surface area contributed by atoms with Crippen LogP contribution in [0.4, 0.5) is 35.1 Å². The minimum Gasteiger partial charge on any atom is -0.338 e. The summed E-state index contributed by atoms with van der Waals surface area (Å²) in [5.74, 6) is -4.13. The van der Waals surface area contributed by atoms with Crippen LogP contribution < -0.4 is 0 Å². The SMILES string of the molecule is O=C(c1cc(C(F)(F)F)cc(C(F)(F)F)c1)N1CC[C@H](N2CCC(F)(F)CC2)[C@H](c2ccc(Cl)cc2)C1.